The van der Waals surface area contributed by atoms with Crippen LogP contribution in [0, 0.1) is 11.9 Å². The molecule has 5 nitrogen and oxygen atoms in total. The molecule has 1 aliphatic carbocycles. The van der Waals surface area contributed by atoms with Crippen molar-refractivity contribution in [2.75, 3.05) is 0 Å². The molecule has 0 saturated heterocycles. The fourth-order valence-corrected chi connectivity index (χ4v) is 2.75. The molecule has 0 unspecified atom stereocenters. The molecule has 3 rings (SSSR count). The van der Waals surface area contributed by atoms with E-state index in [1.54, 1.807) is 12.3 Å². The number of hydrogen-bond acceptors (Lipinski definition) is 3. The molecule has 0 bridgehead atoms. The third-order valence-electron chi connectivity index (χ3n) is 4.33. The van der Waals surface area contributed by atoms with Gasteiger partial charge < -0.3 is 10.4 Å². The topological polar surface area (TPSA) is 66.6 Å². The number of nitrogens with one attached hydrogen (secondary N) is 1. The van der Waals surface area contributed by atoms with E-state index in [4.69, 9.17) is 0 Å². The van der Waals surface area contributed by atoms with Gasteiger partial charge in [0.25, 0.3) is 0 Å². The van der Waals surface area contributed by atoms with Crippen molar-refractivity contribution in [2.24, 2.45) is 5.92 Å². The van der Waals surface area contributed by atoms with Gasteiger partial charge in [0, 0.05) is 18.8 Å². The molecule has 1 fully saturated rings. The number of aromatic nitrogens is 2. The number of fused-ring (bicyclic) bond motifs is 1. The monoisotopic (exact) mass is 291 g/mol. The van der Waals surface area contributed by atoms with Gasteiger partial charge in [0.1, 0.15) is 5.56 Å². The van der Waals surface area contributed by atoms with Gasteiger partial charge >= 0.3 is 5.97 Å². The Labute approximate surface area is 121 Å². The normalized spacial score (nSPS) is 16.9. The van der Waals surface area contributed by atoms with Crippen LogP contribution in [0.2, 0.25) is 0 Å². The van der Waals surface area contributed by atoms with Crippen molar-refractivity contribution in [1.29, 1.82) is 0 Å². The zero-order valence-electron chi connectivity index (χ0n) is 11.8. The Morgan fingerprint density at radius 3 is 3.00 bits per heavy atom. The zero-order valence-corrected chi connectivity index (χ0v) is 11.8. The van der Waals surface area contributed by atoms with E-state index in [9.17, 15) is 14.3 Å². The Hall–Kier alpha value is -1.95. The van der Waals surface area contributed by atoms with Gasteiger partial charge in [-0.3, -0.25) is 4.40 Å². The van der Waals surface area contributed by atoms with E-state index in [0.717, 1.165) is 11.8 Å². The summed E-state index contributed by atoms with van der Waals surface area (Å²) in [5, 5.41) is 12.6. The number of aromatic carboxylic acids is 1. The lowest BCUT2D eigenvalue weighted by Crippen LogP contribution is -2.36. The Bertz CT molecular complexity index is 679. The maximum absolute atomic E-state index is 13.6. The van der Waals surface area contributed by atoms with Crippen LogP contribution in [0.3, 0.4) is 0 Å². The lowest BCUT2D eigenvalue weighted by Gasteiger charge is -2.32. The molecule has 21 heavy (non-hydrogen) atoms. The Morgan fingerprint density at radius 2 is 2.38 bits per heavy atom. The molecular weight excluding hydrogens is 273 g/mol. The summed E-state index contributed by atoms with van der Waals surface area (Å²) in [7, 11) is 0. The van der Waals surface area contributed by atoms with Crippen molar-refractivity contribution in [3.05, 3.63) is 35.5 Å². The average Bonchev–Trinajstić information content (AvgIpc) is 2.75. The summed E-state index contributed by atoms with van der Waals surface area (Å²) in [5.41, 5.74) is 0.897. The van der Waals surface area contributed by atoms with Crippen LogP contribution in [0.1, 0.15) is 42.1 Å². The first-order valence-electron chi connectivity index (χ1n) is 7.18. The van der Waals surface area contributed by atoms with E-state index in [1.807, 2.05) is 0 Å². The Morgan fingerprint density at radius 1 is 1.62 bits per heavy atom. The fourth-order valence-electron chi connectivity index (χ4n) is 2.75. The first kappa shape index (κ1) is 14.0. The van der Waals surface area contributed by atoms with Crippen molar-refractivity contribution in [2.45, 2.75) is 38.8 Å². The smallest absolute Gasteiger partial charge is 0.339 e. The summed E-state index contributed by atoms with van der Waals surface area (Å²) in [6.07, 6.45) is 6.40. The van der Waals surface area contributed by atoms with E-state index in [0.29, 0.717) is 18.5 Å². The molecule has 112 valence electrons. The average molecular weight is 291 g/mol. The van der Waals surface area contributed by atoms with Gasteiger partial charge in [-0.2, -0.15) is 4.39 Å². The molecule has 0 radical (unpaired) electrons. The highest BCUT2D eigenvalue weighted by molar-refractivity contribution is 5.94. The number of carboxylic acids is 1. The van der Waals surface area contributed by atoms with Crippen molar-refractivity contribution in [3.63, 3.8) is 0 Å². The molecule has 1 atom stereocenters. The quantitative estimate of drug-likeness (QED) is 0.888. The fraction of sp³-hybridized carbons (Fsp3) is 0.467. The van der Waals surface area contributed by atoms with Gasteiger partial charge in [0.2, 0.25) is 5.95 Å². The first-order chi connectivity index (χ1) is 10.1. The SMILES string of the molecule is C[C@H](NCc1cc(C(=O)O)c2ncc(F)n2c1)C1CCC1. The van der Waals surface area contributed by atoms with Crippen LogP contribution in [0.5, 0.6) is 0 Å². The summed E-state index contributed by atoms with van der Waals surface area (Å²) in [6.45, 7) is 2.66. The van der Waals surface area contributed by atoms with Crippen LogP contribution in [0.15, 0.2) is 18.5 Å². The van der Waals surface area contributed by atoms with Gasteiger partial charge in [-0.15, -0.1) is 0 Å². The summed E-state index contributed by atoms with van der Waals surface area (Å²) in [6, 6.07) is 1.94. The molecule has 0 aromatic carbocycles. The van der Waals surface area contributed by atoms with Gasteiger partial charge in [-0.1, -0.05) is 6.42 Å². The molecule has 1 aliphatic rings. The number of hydrogen-bond donors (Lipinski definition) is 2. The molecular formula is C15H18FN3O2. The lowest BCUT2D eigenvalue weighted by molar-refractivity contribution is 0.0698. The number of pyridine rings is 1. The molecule has 6 heteroatoms. The van der Waals surface area contributed by atoms with Crippen LogP contribution in [0.25, 0.3) is 5.65 Å². The Balaban J connectivity index is 1.84. The Kier molecular flexibility index (Phi) is 3.63. The highest BCUT2D eigenvalue weighted by Crippen LogP contribution is 2.29. The minimum absolute atomic E-state index is 0.0227. The van der Waals surface area contributed by atoms with Crippen molar-refractivity contribution < 1.29 is 14.3 Å². The van der Waals surface area contributed by atoms with Crippen molar-refractivity contribution in [1.82, 2.24) is 14.7 Å². The molecule has 2 heterocycles. The number of carboxylic acid groups (broad SMARTS) is 1. The standard InChI is InChI=1S/C15H18FN3O2/c1-9(11-3-2-4-11)17-6-10-5-12(15(20)21)14-18-7-13(16)19(14)8-10/h5,7-9,11,17H,2-4,6H2,1H3,(H,20,21)/t9-/m0/s1. The minimum atomic E-state index is -1.10. The second kappa shape index (κ2) is 5.44. The van der Waals surface area contributed by atoms with Crippen molar-refractivity contribution in [3.8, 4) is 0 Å². The number of rotatable bonds is 5. The molecule has 2 aromatic heterocycles. The molecule has 0 aliphatic heterocycles. The van der Waals surface area contributed by atoms with E-state index in [1.165, 1.54) is 23.7 Å². The number of nitrogens with zero attached hydrogens (tertiary/aromatic N) is 2. The second-order valence-electron chi connectivity index (χ2n) is 5.70. The van der Waals surface area contributed by atoms with Crippen molar-refractivity contribution >= 4 is 11.6 Å². The third-order valence-corrected chi connectivity index (χ3v) is 4.33. The second-order valence-corrected chi connectivity index (χ2v) is 5.70. The maximum atomic E-state index is 13.6. The van der Waals surface area contributed by atoms with Gasteiger partial charge in [0.05, 0.1) is 6.20 Å². The molecule has 1 saturated carbocycles. The molecule has 0 spiro atoms. The number of halogens is 1. The van der Waals surface area contributed by atoms with Gasteiger partial charge in [-0.25, -0.2) is 9.78 Å². The molecule has 0 amide bonds. The predicted octanol–water partition coefficient (Wildman–Crippen LogP) is 2.45. The predicted molar refractivity (Wildman–Crippen MR) is 75.8 cm³/mol. The molecule has 2 N–H and O–H groups in total. The highest BCUT2D eigenvalue weighted by Gasteiger charge is 2.23. The first-order valence-corrected chi connectivity index (χ1v) is 7.18. The molecule has 2 aromatic rings. The van der Waals surface area contributed by atoms with E-state index in [-0.39, 0.29) is 11.2 Å². The van der Waals surface area contributed by atoms with E-state index in [2.05, 4.69) is 17.2 Å². The van der Waals surface area contributed by atoms with E-state index < -0.39 is 11.9 Å². The van der Waals surface area contributed by atoms with Crippen LogP contribution in [0.4, 0.5) is 4.39 Å². The van der Waals surface area contributed by atoms with Gasteiger partial charge in [0.15, 0.2) is 5.65 Å². The van der Waals surface area contributed by atoms with Crippen LogP contribution in [-0.4, -0.2) is 26.5 Å². The van der Waals surface area contributed by atoms with E-state index >= 15 is 0 Å². The maximum Gasteiger partial charge on any atom is 0.339 e. The summed E-state index contributed by atoms with van der Waals surface area (Å²) in [4.78, 5) is 15.1. The highest BCUT2D eigenvalue weighted by atomic mass is 19.1. The summed E-state index contributed by atoms with van der Waals surface area (Å²) in [5.74, 6) is -0.960. The summed E-state index contributed by atoms with van der Waals surface area (Å²) >= 11 is 0. The number of carbonyl (C=O) groups is 1. The zero-order chi connectivity index (χ0) is 15.0. The van der Waals surface area contributed by atoms with Crippen LogP contribution >= 0.6 is 0 Å². The minimum Gasteiger partial charge on any atom is -0.478 e. The van der Waals surface area contributed by atoms with Crippen LogP contribution < -0.4 is 5.32 Å². The van der Waals surface area contributed by atoms with Crippen LogP contribution in [-0.2, 0) is 6.54 Å². The van der Waals surface area contributed by atoms with Gasteiger partial charge in [-0.05, 0) is 37.3 Å². The third kappa shape index (κ3) is 2.63. The largest absolute Gasteiger partial charge is 0.478 e. The lowest BCUT2D eigenvalue weighted by atomic mass is 9.80. The summed E-state index contributed by atoms with van der Waals surface area (Å²) < 4.78 is 14.8. The number of imidazole rings is 1.